The second kappa shape index (κ2) is 9.25. The average molecular weight is 304 g/mol. The molecule has 0 bridgehead atoms. The molecule has 0 radical (unpaired) electrons. The Morgan fingerprint density at radius 1 is 0.952 bits per heavy atom. The normalized spacial score (nSPS) is 11.1. The van der Waals surface area contributed by atoms with Crippen molar-refractivity contribution < 1.29 is 34.2 Å². The lowest BCUT2D eigenvalue weighted by molar-refractivity contribution is -0.151. The van der Waals surface area contributed by atoms with Gasteiger partial charge in [-0.05, 0) is 19.3 Å². The quantitative estimate of drug-likeness (QED) is 0.0938. The Morgan fingerprint density at radius 3 is 2.00 bits per heavy atom. The summed E-state index contributed by atoms with van der Waals surface area (Å²) in [5.41, 5.74) is 1.79. The summed E-state index contributed by atoms with van der Waals surface area (Å²) in [5, 5.41) is 20.8. The zero-order valence-electron chi connectivity index (χ0n) is 10.9. The molecule has 11 nitrogen and oxygen atoms in total. The van der Waals surface area contributed by atoms with Gasteiger partial charge in [0, 0.05) is 6.54 Å². The van der Waals surface area contributed by atoms with Crippen molar-refractivity contribution in [2.75, 3.05) is 6.54 Å². The molecule has 0 aromatic heterocycles. The molecule has 0 aliphatic carbocycles. The van der Waals surface area contributed by atoms with Gasteiger partial charge in [0.15, 0.2) is 0 Å². The number of hydrogen-bond donors (Lipinski definition) is 6. The lowest BCUT2D eigenvalue weighted by atomic mass is 10.1. The maximum Gasteiger partial charge on any atom is 0.394 e. The monoisotopic (exact) mass is 304 g/mol. The number of carbonyl (C=O) groups is 5. The Morgan fingerprint density at radius 2 is 1.52 bits per heavy atom. The van der Waals surface area contributed by atoms with Gasteiger partial charge >= 0.3 is 23.8 Å². The molecule has 0 saturated carbocycles. The van der Waals surface area contributed by atoms with E-state index in [9.17, 15) is 24.0 Å². The van der Waals surface area contributed by atoms with Gasteiger partial charge in [-0.15, -0.1) is 0 Å². The fourth-order valence-electron chi connectivity index (χ4n) is 1.34. The predicted octanol–water partition coefficient (Wildman–Crippen LogP) is -3.08. The Balaban J connectivity index is 4.17. The summed E-state index contributed by atoms with van der Waals surface area (Å²) in [6, 6.07) is -1.13. The van der Waals surface area contributed by atoms with Gasteiger partial charge in [-0.3, -0.25) is 19.8 Å². The molecule has 0 aliphatic rings. The van der Waals surface area contributed by atoms with E-state index in [-0.39, 0.29) is 13.0 Å². The van der Waals surface area contributed by atoms with Gasteiger partial charge in [0.1, 0.15) is 6.04 Å². The van der Waals surface area contributed by atoms with Gasteiger partial charge in [-0.25, -0.2) is 15.4 Å². The minimum absolute atomic E-state index is 0.0645. The van der Waals surface area contributed by atoms with E-state index >= 15 is 0 Å². The summed E-state index contributed by atoms with van der Waals surface area (Å²) in [7, 11) is 0. The Bertz CT molecular complexity index is 437. The van der Waals surface area contributed by atoms with E-state index in [1.165, 1.54) is 0 Å². The number of hydrogen-bond acceptors (Lipinski definition) is 6. The van der Waals surface area contributed by atoms with Crippen LogP contribution in [0.5, 0.6) is 0 Å². The van der Waals surface area contributed by atoms with Crippen molar-refractivity contribution >= 4 is 29.7 Å². The van der Waals surface area contributed by atoms with Gasteiger partial charge in [-0.1, -0.05) is 0 Å². The van der Waals surface area contributed by atoms with Crippen LogP contribution < -0.4 is 21.9 Å². The fraction of sp³-hybridized carbons (Fsp3) is 0.500. The van der Waals surface area contributed by atoms with E-state index in [0.717, 1.165) is 0 Å². The van der Waals surface area contributed by atoms with Crippen molar-refractivity contribution in [3.8, 4) is 0 Å². The van der Waals surface area contributed by atoms with Gasteiger partial charge in [-0.2, -0.15) is 0 Å². The molecule has 3 amide bonds. The Hall–Kier alpha value is -2.69. The molecule has 21 heavy (non-hydrogen) atoms. The van der Waals surface area contributed by atoms with Crippen molar-refractivity contribution in [3.63, 3.8) is 0 Å². The second-order valence-electron chi connectivity index (χ2n) is 3.90. The molecule has 0 spiro atoms. The third-order valence-corrected chi connectivity index (χ3v) is 2.36. The number of amides is 3. The first-order chi connectivity index (χ1) is 9.79. The number of unbranched alkanes of at least 4 members (excludes halogenated alkanes) is 1. The van der Waals surface area contributed by atoms with Crippen LogP contribution in [0.2, 0.25) is 0 Å². The number of hydrazine groups is 1. The summed E-state index contributed by atoms with van der Waals surface area (Å²) < 4.78 is 0. The Labute approximate surface area is 118 Å². The molecular formula is C10H16N4O7. The molecule has 0 rings (SSSR count). The van der Waals surface area contributed by atoms with Crippen LogP contribution in [0.4, 0.5) is 0 Å². The lowest BCUT2D eigenvalue weighted by Gasteiger charge is -2.15. The predicted molar refractivity (Wildman–Crippen MR) is 66.4 cm³/mol. The number of nitrogens with one attached hydrogen (secondary N) is 3. The summed E-state index contributed by atoms with van der Waals surface area (Å²) in [6.45, 7) is 0.0645. The van der Waals surface area contributed by atoms with E-state index in [0.29, 0.717) is 12.8 Å². The molecule has 0 fully saturated rings. The van der Waals surface area contributed by atoms with Crippen molar-refractivity contribution in [1.29, 1.82) is 0 Å². The van der Waals surface area contributed by atoms with Crippen LogP contribution in [0.15, 0.2) is 0 Å². The number of nitrogens with two attached hydrogens (primary N) is 1. The lowest BCUT2D eigenvalue weighted by Crippen LogP contribution is -2.50. The third kappa shape index (κ3) is 7.47. The molecule has 118 valence electrons. The SMILES string of the molecule is NNC(=O)[C@H](CCCCNC(=O)C(=O)O)NC(=O)C(=O)O. The zero-order valence-corrected chi connectivity index (χ0v) is 10.9. The number of rotatable bonds is 7. The number of carboxylic acid groups (broad SMARTS) is 2. The summed E-state index contributed by atoms with van der Waals surface area (Å²) >= 11 is 0. The molecule has 0 aromatic rings. The van der Waals surface area contributed by atoms with E-state index in [4.69, 9.17) is 16.1 Å². The fourth-order valence-corrected chi connectivity index (χ4v) is 1.34. The molecule has 11 heteroatoms. The van der Waals surface area contributed by atoms with Gasteiger partial charge < -0.3 is 20.8 Å². The zero-order chi connectivity index (χ0) is 16.4. The summed E-state index contributed by atoms with van der Waals surface area (Å²) in [6.07, 6.45) is 0.721. The first-order valence-corrected chi connectivity index (χ1v) is 5.85. The highest BCUT2D eigenvalue weighted by atomic mass is 16.4. The molecule has 0 heterocycles. The molecule has 0 aliphatic heterocycles. The average Bonchev–Trinajstić information content (AvgIpc) is 2.43. The van der Waals surface area contributed by atoms with E-state index < -0.39 is 35.7 Å². The smallest absolute Gasteiger partial charge is 0.394 e. The van der Waals surface area contributed by atoms with Crippen LogP contribution in [0, 0.1) is 0 Å². The van der Waals surface area contributed by atoms with Crippen molar-refractivity contribution in [2.45, 2.75) is 25.3 Å². The minimum Gasteiger partial charge on any atom is -0.474 e. The van der Waals surface area contributed by atoms with Gasteiger partial charge in [0.25, 0.3) is 5.91 Å². The Kier molecular flexibility index (Phi) is 8.07. The molecule has 0 unspecified atom stereocenters. The first-order valence-electron chi connectivity index (χ1n) is 5.85. The van der Waals surface area contributed by atoms with Crippen molar-refractivity contribution in [2.24, 2.45) is 5.84 Å². The van der Waals surface area contributed by atoms with Crippen LogP contribution in [-0.2, 0) is 24.0 Å². The minimum atomic E-state index is -1.74. The van der Waals surface area contributed by atoms with E-state index in [1.807, 2.05) is 5.32 Å². The topological polar surface area (TPSA) is 188 Å². The van der Waals surface area contributed by atoms with Crippen LogP contribution >= 0.6 is 0 Å². The highest BCUT2D eigenvalue weighted by molar-refractivity contribution is 6.32. The van der Waals surface area contributed by atoms with Gasteiger partial charge in [0.2, 0.25) is 0 Å². The van der Waals surface area contributed by atoms with Crippen molar-refractivity contribution in [3.05, 3.63) is 0 Å². The van der Waals surface area contributed by atoms with Crippen molar-refractivity contribution in [1.82, 2.24) is 16.1 Å². The van der Waals surface area contributed by atoms with E-state index in [1.54, 1.807) is 5.43 Å². The molecule has 1 atom stereocenters. The van der Waals surface area contributed by atoms with E-state index in [2.05, 4.69) is 5.32 Å². The maximum absolute atomic E-state index is 11.3. The maximum atomic E-state index is 11.3. The second-order valence-corrected chi connectivity index (χ2v) is 3.90. The standard InChI is InChI=1S/C10H16N4O7/c11-14-6(15)5(13-8(17)10(20)21)3-1-2-4-12-7(16)9(18)19/h5H,1-4,11H2,(H,12,16)(H,13,17)(H,14,15)(H,18,19)(H,20,21)/t5-/m0/s1. The highest BCUT2D eigenvalue weighted by Gasteiger charge is 2.22. The number of carboxylic acids is 2. The van der Waals surface area contributed by atoms with Crippen LogP contribution in [-0.4, -0.2) is 52.5 Å². The molecule has 0 saturated heterocycles. The number of carbonyl (C=O) groups excluding carboxylic acids is 3. The molecule has 0 aromatic carbocycles. The number of aliphatic carboxylic acids is 2. The van der Waals surface area contributed by atoms with Gasteiger partial charge in [0.05, 0.1) is 0 Å². The third-order valence-electron chi connectivity index (χ3n) is 2.36. The summed E-state index contributed by atoms with van der Waals surface area (Å²) in [5.74, 6) is -1.69. The highest BCUT2D eigenvalue weighted by Crippen LogP contribution is 2.01. The molecular weight excluding hydrogens is 288 g/mol. The van der Waals surface area contributed by atoms with Crippen LogP contribution in [0.1, 0.15) is 19.3 Å². The first kappa shape index (κ1) is 18.3. The van der Waals surface area contributed by atoms with Crippen LogP contribution in [0.3, 0.4) is 0 Å². The van der Waals surface area contributed by atoms with Crippen LogP contribution in [0.25, 0.3) is 0 Å². The molecule has 7 N–H and O–H groups in total. The summed E-state index contributed by atoms with van der Waals surface area (Å²) in [4.78, 5) is 53.6. The largest absolute Gasteiger partial charge is 0.474 e.